The Morgan fingerprint density at radius 2 is 2.00 bits per heavy atom. The van der Waals surface area contributed by atoms with Gasteiger partial charge < -0.3 is 10.3 Å². The van der Waals surface area contributed by atoms with Crippen LogP contribution in [0.2, 0.25) is 0 Å². The van der Waals surface area contributed by atoms with Crippen LogP contribution in [0.3, 0.4) is 0 Å². The monoisotopic (exact) mass is 404 g/mol. The molecule has 3 aromatic rings. The van der Waals surface area contributed by atoms with Crippen LogP contribution in [0.4, 0.5) is 10.2 Å². The number of sulfonamides is 1. The van der Waals surface area contributed by atoms with E-state index in [1.54, 1.807) is 12.4 Å². The highest BCUT2D eigenvalue weighted by Gasteiger charge is 2.28. The van der Waals surface area contributed by atoms with Crippen LogP contribution in [0.1, 0.15) is 25.7 Å². The number of rotatable bonds is 5. The van der Waals surface area contributed by atoms with Crippen molar-refractivity contribution in [1.82, 2.24) is 24.7 Å². The van der Waals surface area contributed by atoms with Gasteiger partial charge in [0.15, 0.2) is 17.5 Å². The van der Waals surface area contributed by atoms with Gasteiger partial charge in [-0.1, -0.05) is 12.8 Å². The summed E-state index contributed by atoms with van der Waals surface area (Å²) < 4.78 is 40.3. The average molecular weight is 404 g/mol. The molecule has 3 aromatic heterocycles. The van der Waals surface area contributed by atoms with Gasteiger partial charge in [0.25, 0.3) is 0 Å². The molecular weight excluding hydrogens is 383 g/mol. The first-order chi connectivity index (χ1) is 13.4. The Morgan fingerprint density at radius 3 is 2.79 bits per heavy atom. The summed E-state index contributed by atoms with van der Waals surface area (Å²) in [6, 6.07) is 3.15. The fourth-order valence-corrected chi connectivity index (χ4v) is 4.47. The number of hydrogen-bond acceptors (Lipinski definition) is 6. The van der Waals surface area contributed by atoms with Gasteiger partial charge in [0.1, 0.15) is 5.65 Å². The second-order valence-electron chi connectivity index (χ2n) is 7.02. The molecule has 0 spiro atoms. The van der Waals surface area contributed by atoms with Gasteiger partial charge in [-0.3, -0.25) is 0 Å². The quantitative estimate of drug-likeness (QED) is 0.602. The third-order valence-electron chi connectivity index (χ3n) is 4.89. The van der Waals surface area contributed by atoms with E-state index in [4.69, 9.17) is 0 Å². The summed E-state index contributed by atoms with van der Waals surface area (Å²) >= 11 is 0. The molecule has 1 aliphatic carbocycles. The van der Waals surface area contributed by atoms with Crippen LogP contribution >= 0.6 is 0 Å². The fraction of sp³-hybridized carbons (Fsp3) is 0.389. The molecule has 10 heteroatoms. The smallest absolute Gasteiger partial charge is 0.209 e. The maximum absolute atomic E-state index is 14.4. The number of fused-ring (bicyclic) bond motifs is 1. The van der Waals surface area contributed by atoms with Crippen LogP contribution < -0.4 is 10.0 Å². The molecule has 0 amide bonds. The lowest BCUT2D eigenvalue weighted by molar-refractivity contribution is 0.377. The molecule has 1 saturated carbocycles. The van der Waals surface area contributed by atoms with Crippen molar-refractivity contribution in [3.63, 3.8) is 0 Å². The fourth-order valence-electron chi connectivity index (χ4n) is 3.63. The molecule has 8 nitrogen and oxygen atoms in total. The van der Waals surface area contributed by atoms with Crippen LogP contribution in [0.5, 0.6) is 0 Å². The molecule has 0 radical (unpaired) electrons. The standard InChI is InChI=1S/C18H21FN6O2S/c1-28(26,27)25-15-7-3-2-6-14(15)23-18-13(19)10-22-17(24-18)12-9-21-16-11(12)5-4-8-20-16/h4-5,8-10,14-15,25H,2-3,6-7H2,1H3,(H,20,21)(H,22,23,24)/t14-,15-/m1/s1. The largest absolute Gasteiger partial charge is 0.363 e. The van der Waals surface area contributed by atoms with Crippen LogP contribution in [0.15, 0.2) is 30.7 Å². The molecule has 28 heavy (non-hydrogen) atoms. The number of aromatic nitrogens is 4. The second kappa shape index (κ2) is 7.44. The topological polar surface area (TPSA) is 113 Å². The van der Waals surface area contributed by atoms with Crippen molar-refractivity contribution in [1.29, 1.82) is 0 Å². The van der Waals surface area contributed by atoms with E-state index in [0.29, 0.717) is 17.9 Å². The highest BCUT2D eigenvalue weighted by molar-refractivity contribution is 7.88. The summed E-state index contributed by atoms with van der Waals surface area (Å²) in [4.78, 5) is 15.8. The third kappa shape index (κ3) is 3.97. The highest BCUT2D eigenvalue weighted by atomic mass is 32.2. The number of anilines is 1. The summed E-state index contributed by atoms with van der Waals surface area (Å²) in [7, 11) is -3.35. The van der Waals surface area contributed by atoms with E-state index in [0.717, 1.165) is 42.7 Å². The number of pyridine rings is 1. The molecular formula is C18H21FN6O2S. The summed E-state index contributed by atoms with van der Waals surface area (Å²) in [6.45, 7) is 0. The maximum atomic E-state index is 14.4. The second-order valence-corrected chi connectivity index (χ2v) is 8.80. The number of hydrogen-bond donors (Lipinski definition) is 3. The minimum Gasteiger partial charge on any atom is -0.363 e. The molecule has 4 rings (SSSR count). The zero-order valence-electron chi connectivity index (χ0n) is 15.3. The van der Waals surface area contributed by atoms with Gasteiger partial charge in [-0.15, -0.1) is 0 Å². The first kappa shape index (κ1) is 18.8. The Balaban J connectivity index is 1.64. The lowest BCUT2D eigenvalue weighted by atomic mass is 9.91. The third-order valence-corrected chi connectivity index (χ3v) is 5.62. The summed E-state index contributed by atoms with van der Waals surface area (Å²) in [5.41, 5.74) is 1.42. The molecule has 0 saturated heterocycles. The predicted octanol–water partition coefficient (Wildman–Crippen LogP) is 2.43. The van der Waals surface area contributed by atoms with Crippen molar-refractivity contribution in [2.24, 2.45) is 0 Å². The molecule has 0 unspecified atom stereocenters. The molecule has 2 atom stereocenters. The zero-order chi connectivity index (χ0) is 19.7. The minimum atomic E-state index is -3.35. The first-order valence-electron chi connectivity index (χ1n) is 9.09. The normalized spacial score (nSPS) is 20.4. The Kier molecular flexibility index (Phi) is 4.98. The number of H-pyrrole nitrogens is 1. The molecule has 1 aliphatic rings. The van der Waals surface area contributed by atoms with Gasteiger partial charge in [0, 0.05) is 35.4 Å². The van der Waals surface area contributed by atoms with E-state index in [1.807, 2.05) is 12.1 Å². The van der Waals surface area contributed by atoms with Crippen LogP contribution in [0.25, 0.3) is 22.4 Å². The van der Waals surface area contributed by atoms with Crippen LogP contribution in [0, 0.1) is 5.82 Å². The van der Waals surface area contributed by atoms with Crippen molar-refractivity contribution in [3.8, 4) is 11.4 Å². The molecule has 3 heterocycles. The van der Waals surface area contributed by atoms with Crippen molar-refractivity contribution < 1.29 is 12.8 Å². The van der Waals surface area contributed by atoms with Crippen molar-refractivity contribution in [3.05, 3.63) is 36.5 Å². The SMILES string of the molecule is CS(=O)(=O)N[C@@H]1CCCC[C@H]1Nc1nc(-c2c[nH]c3ncccc23)ncc1F. The van der Waals surface area contributed by atoms with Gasteiger partial charge >= 0.3 is 0 Å². The van der Waals surface area contributed by atoms with E-state index >= 15 is 0 Å². The van der Waals surface area contributed by atoms with E-state index in [1.165, 1.54) is 0 Å². The minimum absolute atomic E-state index is 0.0652. The lowest BCUT2D eigenvalue weighted by Crippen LogP contribution is -2.48. The van der Waals surface area contributed by atoms with E-state index in [2.05, 4.69) is 30.0 Å². The summed E-state index contributed by atoms with van der Waals surface area (Å²) in [6.07, 6.45) is 8.96. The van der Waals surface area contributed by atoms with E-state index < -0.39 is 15.8 Å². The van der Waals surface area contributed by atoms with Crippen molar-refractivity contribution in [2.45, 2.75) is 37.8 Å². The Hall–Kier alpha value is -2.59. The maximum Gasteiger partial charge on any atom is 0.209 e. The average Bonchev–Trinajstić information content (AvgIpc) is 3.08. The van der Waals surface area contributed by atoms with Gasteiger partial charge in [-0.05, 0) is 25.0 Å². The molecule has 0 aromatic carbocycles. The summed E-state index contributed by atoms with van der Waals surface area (Å²) in [5, 5.41) is 3.94. The zero-order valence-corrected chi connectivity index (χ0v) is 16.1. The first-order valence-corrected chi connectivity index (χ1v) is 11.0. The molecule has 0 aliphatic heterocycles. The van der Waals surface area contributed by atoms with Crippen LogP contribution in [-0.2, 0) is 10.0 Å². The van der Waals surface area contributed by atoms with Crippen molar-refractivity contribution in [2.75, 3.05) is 11.6 Å². The number of aromatic amines is 1. The predicted molar refractivity (Wildman–Crippen MR) is 105 cm³/mol. The van der Waals surface area contributed by atoms with Gasteiger partial charge in [0.2, 0.25) is 10.0 Å². The molecule has 0 bridgehead atoms. The van der Waals surface area contributed by atoms with Gasteiger partial charge in [-0.25, -0.2) is 32.5 Å². The van der Waals surface area contributed by atoms with E-state index in [9.17, 15) is 12.8 Å². The van der Waals surface area contributed by atoms with Gasteiger partial charge in [-0.2, -0.15) is 0 Å². The molecule has 1 fully saturated rings. The van der Waals surface area contributed by atoms with E-state index in [-0.39, 0.29) is 17.9 Å². The van der Waals surface area contributed by atoms with Crippen LogP contribution in [-0.4, -0.2) is 46.7 Å². The Morgan fingerprint density at radius 1 is 1.21 bits per heavy atom. The molecule has 3 N–H and O–H groups in total. The summed E-state index contributed by atoms with van der Waals surface area (Å²) in [5.74, 6) is -0.146. The number of halogens is 1. The Bertz CT molecular complexity index is 1100. The van der Waals surface area contributed by atoms with Crippen molar-refractivity contribution >= 4 is 26.9 Å². The number of nitrogens with one attached hydrogen (secondary N) is 3. The molecule has 148 valence electrons. The Labute approximate surface area is 162 Å². The lowest BCUT2D eigenvalue weighted by Gasteiger charge is -2.32. The highest BCUT2D eigenvalue weighted by Crippen LogP contribution is 2.28. The number of nitrogens with zero attached hydrogens (tertiary/aromatic N) is 3. The van der Waals surface area contributed by atoms with Gasteiger partial charge in [0.05, 0.1) is 12.5 Å².